The Bertz CT molecular complexity index is 176. The van der Waals surface area contributed by atoms with Gasteiger partial charge in [-0.25, -0.2) is 8.51 Å². The molecule has 1 saturated heterocycles. The second kappa shape index (κ2) is 5.08. The van der Waals surface area contributed by atoms with Crippen molar-refractivity contribution < 1.29 is 9.32 Å². The Morgan fingerprint density at radius 1 is 1.54 bits per heavy atom. The maximum Gasteiger partial charge on any atom is 0.0943 e. The van der Waals surface area contributed by atoms with Crippen LogP contribution in [-0.2, 0) is 11.0 Å². The molecule has 0 aromatic rings. The molecule has 3 nitrogen and oxygen atoms in total. The van der Waals surface area contributed by atoms with Crippen LogP contribution in [0.4, 0.5) is 0 Å². The van der Waals surface area contributed by atoms with Crippen LogP contribution in [0.3, 0.4) is 0 Å². The lowest BCUT2D eigenvalue weighted by atomic mass is 10.00. The molecule has 0 amide bonds. The molecule has 0 bridgehead atoms. The van der Waals surface area contributed by atoms with Gasteiger partial charge in [0.05, 0.1) is 17.1 Å². The standard InChI is InChI=1S/C9H19NO2S/c1-3-4-13(12)10-6-8(2)5-9(11)7-10/h8-9,11H,3-7H2,1-2H3/t8-,9+,13?/m0/s1. The van der Waals surface area contributed by atoms with Crippen LogP contribution in [0.25, 0.3) is 0 Å². The Morgan fingerprint density at radius 3 is 2.77 bits per heavy atom. The van der Waals surface area contributed by atoms with E-state index in [0.717, 1.165) is 25.1 Å². The number of hydrogen-bond acceptors (Lipinski definition) is 2. The van der Waals surface area contributed by atoms with E-state index < -0.39 is 11.0 Å². The number of rotatable bonds is 3. The Morgan fingerprint density at radius 2 is 2.23 bits per heavy atom. The SMILES string of the molecule is CCCS(=O)N1C[C@@H](C)C[C@@H](O)C1. The number of β-amino-alcohol motifs (C(OH)–C–C–N with tert-alkyl or cyclic N) is 1. The van der Waals surface area contributed by atoms with Gasteiger partial charge in [-0.3, -0.25) is 0 Å². The molecule has 1 fully saturated rings. The van der Waals surface area contributed by atoms with Gasteiger partial charge in [-0.1, -0.05) is 13.8 Å². The zero-order valence-electron chi connectivity index (χ0n) is 8.40. The van der Waals surface area contributed by atoms with Crippen LogP contribution in [0.15, 0.2) is 0 Å². The monoisotopic (exact) mass is 205 g/mol. The van der Waals surface area contributed by atoms with Crippen LogP contribution < -0.4 is 0 Å². The molecular weight excluding hydrogens is 186 g/mol. The van der Waals surface area contributed by atoms with Crippen LogP contribution in [0.2, 0.25) is 0 Å². The summed E-state index contributed by atoms with van der Waals surface area (Å²) in [7, 11) is -0.875. The van der Waals surface area contributed by atoms with Crippen molar-refractivity contribution in [3.05, 3.63) is 0 Å². The minimum absolute atomic E-state index is 0.287. The quantitative estimate of drug-likeness (QED) is 0.739. The van der Waals surface area contributed by atoms with Gasteiger partial charge in [0.1, 0.15) is 0 Å². The highest BCUT2D eigenvalue weighted by Gasteiger charge is 2.25. The Balaban J connectivity index is 2.45. The molecule has 0 spiro atoms. The Kier molecular flexibility index (Phi) is 4.35. The van der Waals surface area contributed by atoms with E-state index in [1.807, 2.05) is 11.2 Å². The van der Waals surface area contributed by atoms with Crippen LogP contribution >= 0.6 is 0 Å². The summed E-state index contributed by atoms with van der Waals surface area (Å²) < 4.78 is 13.5. The van der Waals surface area contributed by atoms with E-state index in [2.05, 4.69) is 6.92 Å². The molecule has 1 unspecified atom stereocenters. The van der Waals surface area contributed by atoms with Crippen molar-refractivity contribution in [2.75, 3.05) is 18.8 Å². The topological polar surface area (TPSA) is 40.5 Å². The van der Waals surface area contributed by atoms with Gasteiger partial charge in [0.25, 0.3) is 0 Å². The summed E-state index contributed by atoms with van der Waals surface area (Å²) in [5.41, 5.74) is 0. The van der Waals surface area contributed by atoms with Gasteiger partial charge in [0.2, 0.25) is 0 Å². The summed E-state index contributed by atoms with van der Waals surface area (Å²) in [5.74, 6) is 1.18. The van der Waals surface area contributed by atoms with Crippen molar-refractivity contribution in [1.82, 2.24) is 4.31 Å². The molecule has 4 heteroatoms. The molecule has 0 saturated carbocycles. The van der Waals surface area contributed by atoms with Crippen LogP contribution in [-0.4, -0.2) is 38.6 Å². The fourth-order valence-electron chi connectivity index (χ4n) is 1.74. The fourth-order valence-corrected chi connectivity index (χ4v) is 3.11. The van der Waals surface area contributed by atoms with Gasteiger partial charge < -0.3 is 5.11 Å². The van der Waals surface area contributed by atoms with Gasteiger partial charge in [0.15, 0.2) is 0 Å². The molecular formula is C9H19NO2S. The van der Waals surface area contributed by atoms with Crippen molar-refractivity contribution in [1.29, 1.82) is 0 Å². The lowest BCUT2D eigenvalue weighted by Gasteiger charge is -2.32. The maximum atomic E-state index is 11.6. The number of aliphatic hydroxyl groups is 1. The molecule has 0 aromatic heterocycles. The lowest BCUT2D eigenvalue weighted by Crippen LogP contribution is -2.43. The largest absolute Gasteiger partial charge is 0.392 e. The second-order valence-electron chi connectivity index (χ2n) is 3.87. The van der Waals surface area contributed by atoms with Gasteiger partial charge in [-0.2, -0.15) is 0 Å². The molecule has 0 aromatic carbocycles. The fraction of sp³-hybridized carbons (Fsp3) is 1.00. The summed E-state index contributed by atoms with van der Waals surface area (Å²) in [4.78, 5) is 0. The van der Waals surface area contributed by atoms with E-state index in [0.29, 0.717) is 12.5 Å². The van der Waals surface area contributed by atoms with Crippen molar-refractivity contribution >= 4 is 11.0 Å². The third-order valence-corrected chi connectivity index (χ3v) is 3.90. The highest BCUT2D eigenvalue weighted by molar-refractivity contribution is 7.82. The normalized spacial score (nSPS) is 33.2. The van der Waals surface area contributed by atoms with Crippen LogP contribution in [0.1, 0.15) is 26.7 Å². The number of hydrogen-bond donors (Lipinski definition) is 1. The minimum atomic E-state index is -0.875. The van der Waals surface area contributed by atoms with Gasteiger partial charge in [0, 0.05) is 18.8 Å². The number of nitrogens with zero attached hydrogens (tertiary/aromatic N) is 1. The van der Waals surface area contributed by atoms with Crippen molar-refractivity contribution in [2.24, 2.45) is 5.92 Å². The average Bonchev–Trinajstić information content (AvgIpc) is 2.03. The van der Waals surface area contributed by atoms with E-state index in [-0.39, 0.29) is 6.10 Å². The zero-order valence-corrected chi connectivity index (χ0v) is 9.22. The summed E-state index contributed by atoms with van der Waals surface area (Å²) in [5, 5.41) is 9.49. The highest BCUT2D eigenvalue weighted by atomic mass is 32.2. The third kappa shape index (κ3) is 3.37. The Labute approximate surface area is 82.7 Å². The molecule has 1 aliphatic heterocycles. The molecule has 78 valence electrons. The summed E-state index contributed by atoms with van der Waals surface area (Å²) in [6.07, 6.45) is 1.50. The number of aliphatic hydroxyl groups excluding tert-OH is 1. The maximum absolute atomic E-state index is 11.6. The smallest absolute Gasteiger partial charge is 0.0943 e. The first kappa shape index (κ1) is 11.1. The van der Waals surface area contributed by atoms with Crippen LogP contribution in [0.5, 0.6) is 0 Å². The molecule has 1 N–H and O–H groups in total. The average molecular weight is 205 g/mol. The first-order valence-corrected chi connectivity index (χ1v) is 6.22. The zero-order chi connectivity index (χ0) is 9.84. The van der Waals surface area contributed by atoms with Crippen molar-refractivity contribution in [3.63, 3.8) is 0 Å². The van der Waals surface area contributed by atoms with Crippen molar-refractivity contribution in [3.8, 4) is 0 Å². The van der Waals surface area contributed by atoms with Gasteiger partial charge in [-0.05, 0) is 18.8 Å². The Hall–Kier alpha value is 0.0700. The second-order valence-corrected chi connectivity index (χ2v) is 5.43. The lowest BCUT2D eigenvalue weighted by molar-refractivity contribution is 0.0845. The first-order valence-electron chi connectivity index (χ1n) is 4.95. The molecule has 1 heterocycles. The number of piperidine rings is 1. The molecule has 0 radical (unpaired) electrons. The van der Waals surface area contributed by atoms with E-state index in [1.165, 1.54) is 0 Å². The predicted octanol–water partition coefficient (Wildman–Crippen LogP) is 0.763. The van der Waals surface area contributed by atoms with Crippen LogP contribution in [0, 0.1) is 5.92 Å². The van der Waals surface area contributed by atoms with Gasteiger partial charge in [-0.15, -0.1) is 0 Å². The summed E-state index contributed by atoms with van der Waals surface area (Å²) in [6, 6.07) is 0. The van der Waals surface area contributed by atoms with E-state index in [9.17, 15) is 9.32 Å². The van der Waals surface area contributed by atoms with E-state index in [4.69, 9.17) is 0 Å². The summed E-state index contributed by atoms with van der Waals surface area (Å²) >= 11 is 0. The molecule has 1 rings (SSSR count). The molecule has 13 heavy (non-hydrogen) atoms. The first-order chi connectivity index (χ1) is 6.13. The molecule has 0 aliphatic carbocycles. The van der Waals surface area contributed by atoms with E-state index in [1.54, 1.807) is 0 Å². The van der Waals surface area contributed by atoms with Gasteiger partial charge >= 0.3 is 0 Å². The molecule has 3 atom stereocenters. The molecule has 1 aliphatic rings. The van der Waals surface area contributed by atoms with E-state index >= 15 is 0 Å². The highest BCUT2D eigenvalue weighted by Crippen LogP contribution is 2.17. The predicted molar refractivity (Wildman–Crippen MR) is 54.7 cm³/mol. The summed E-state index contributed by atoms with van der Waals surface area (Å²) in [6.45, 7) is 5.57. The minimum Gasteiger partial charge on any atom is -0.392 e. The van der Waals surface area contributed by atoms with Crippen molar-refractivity contribution in [2.45, 2.75) is 32.8 Å². The third-order valence-electron chi connectivity index (χ3n) is 2.27.